The summed E-state index contributed by atoms with van der Waals surface area (Å²) in [4.78, 5) is 16.2. The minimum Gasteiger partial charge on any atom is -0.355 e. The predicted octanol–water partition coefficient (Wildman–Crippen LogP) is 4.19. The Kier molecular flexibility index (Phi) is 5.08. The van der Waals surface area contributed by atoms with Gasteiger partial charge in [0.2, 0.25) is 0 Å². The molecule has 140 valence electrons. The van der Waals surface area contributed by atoms with Crippen LogP contribution in [0.1, 0.15) is 21.6 Å². The summed E-state index contributed by atoms with van der Waals surface area (Å²) < 4.78 is 1.85. The monoisotopic (exact) mass is 390 g/mol. The highest BCUT2D eigenvalue weighted by molar-refractivity contribution is 6.30. The van der Waals surface area contributed by atoms with Crippen LogP contribution in [-0.4, -0.2) is 27.6 Å². The van der Waals surface area contributed by atoms with Crippen molar-refractivity contribution in [1.29, 1.82) is 0 Å². The smallest absolute Gasteiger partial charge is 0.251 e. The lowest BCUT2D eigenvalue weighted by atomic mass is 10.1. The van der Waals surface area contributed by atoms with Crippen LogP contribution in [0.15, 0.2) is 66.9 Å². The highest BCUT2D eigenvalue weighted by atomic mass is 35.5. The number of halogens is 1. The van der Waals surface area contributed by atoms with Crippen molar-refractivity contribution in [3.63, 3.8) is 0 Å². The van der Waals surface area contributed by atoms with Gasteiger partial charge in [0.15, 0.2) is 5.65 Å². The van der Waals surface area contributed by atoms with Crippen molar-refractivity contribution in [3.8, 4) is 11.3 Å². The van der Waals surface area contributed by atoms with Crippen molar-refractivity contribution in [2.24, 2.45) is 0 Å². The second kappa shape index (κ2) is 7.82. The maximum Gasteiger partial charge on any atom is 0.251 e. The van der Waals surface area contributed by atoms with Crippen molar-refractivity contribution in [2.45, 2.75) is 12.8 Å². The standard InChI is InChI=1S/C22H19ClN4O/c1-24-22(28)17-8-6-16(7-9-17)20-14-25-21-12-11-19(26-27(20)21)10-5-15-3-2-4-18(23)13-15/h2-4,6-9,11-14H,5,10H2,1H3,(H,24,28). The van der Waals surface area contributed by atoms with Gasteiger partial charge in [-0.1, -0.05) is 35.9 Å². The van der Waals surface area contributed by atoms with E-state index in [1.807, 2.05) is 47.0 Å². The predicted molar refractivity (Wildman–Crippen MR) is 111 cm³/mol. The molecule has 0 aliphatic carbocycles. The number of rotatable bonds is 5. The van der Waals surface area contributed by atoms with E-state index in [2.05, 4.69) is 16.4 Å². The molecule has 0 unspecified atom stereocenters. The fraction of sp³-hybridized carbons (Fsp3) is 0.136. The number of hydrogen-bond donors (Lipinski definition) is 1. The summed E-state index contributed by atoms with van der Waals surface area (Å²) >= 11 is 6.07. The van der Waals surface area contributed by atoms with Gasteiger partial charge in [0, 0.05) is 23.2 Å². The highest BCUT2D eigenvalue weighted by Gasteiger charge is 2.10. The largest absolute Gasteiger partial charge is 0.355 e. The van der Waals surface area contributed by atoms with Crippen LogP contribution < -0.4 is 5.32 Å². The Morgan fingerprint density at radius 1 is 1.07 bits per heavy atom. The molecule has 0 atom stereocenters. The van der Waals surface area contributed by atoms with Gasteiger partial charge in [0.25, 0.3) is 5.91 Å². The Hall–Kier alpha value is -3.18. The first-order chi connectivity index (χ1) is 13.6. The van der Waals surface area contributed by atoms with E-state index in [0.717, 1.165) is 40.5 Å². The molecule has 0 fully saturated rings. The Morgan fingerprint density at radius 3 is 2.64 bits per heavy atom. The second-order valence-corrected chi connectivity index (χ2v) is 6.96. The summed E-state index contributed by atoms with van der Waals surface area (Å²) in [6.07, 6.45) is 3.48. The first-order valence-electron chi connectivity index (χ1n) is 9.04. The summed E-state index contributed by atoms with van der Waals surface area (Å²) in [5.74, 6) is -0.105. The number of imidazole rings is 1. The molecule has 0 saturated heterocycles. The SMILES string of the molecule is CNC(=O)c1ccc(-c2cnc3ccc(CCc4cccc(Cl)c4)nn23)cc1. The molecular formula is C22H19ClN4O. The molecule has 0 radical (unpaired) electrons. The fourth-order valence-corrected chi connectivity index (χ4v) is 3.36. The molecule has 4 rings (SSSR count). The van der Waals surface area contributed by atoms with Crippen molar-refractivity contribution < 1.29 is 4.79 Å². The number of amides is 1. The Bertz CT molecular complexity index is 1130. The molecule has 6 heteroatoms. The molecule has 0 aliphatic rings. The summed E-state index contributed by atoms with van der Waals surface area (Å²) in [5, 5.41) is 8.14. The zero-order valence-corrected chi connectivity index (χ0v) is 16.1. The first kappa shape index (κ1) is 18.2. The van der Waals surface area contributed by atoms with Gasteiger partial charge in [0.1, 0.15) is 0 Å². The van der Waals surface area contributed by atoms with Gasteiger partial charge >= 0.3 is 0 Å². The fourth-order valence-electron chi connectivity index (χ4n) is 3.14. The third kappa shape index (κ3) is 3.75. The van der Waals surface area contributed by atoms with E-state index >= 15 is 0 Å². The molecule has 2 aromatic carbocycles. The third-order valence-corrected chi connectivity index (χ3v) is 4.88. The van der Waals surface area contributed by atoms with Gasteiger partial charge in [-0.15, -0.1) is 0 Å². The lowest BCUT2D eigenvalue weighted by Gasteiger charge is -2.06. The Balaban J connectivity index is 1.60. The van der Waals surface area contributed by atoms with Crippen LogP contribution in [-0.2, 0) is 12.8 Å². The van der Waals surface area contributed by atoms with Crippen LogP contribution in [0.25, 0.3) is 16.9 Å². The zero-order chi connectivity index (χ0) is 19.5. The van der Waals surface area contributed by atoms with E-state index < -0.39 is 0 Å². The van der Waals surface area contributed by atoms with Crippen LogP contribution in [0.3, 0.4) is 0 Å². The van der Waals surface area contributed by atoms with Gasteiger partial charge in [-0.05, 0) is 54.8 Å². The molecule has 28 heavy (non-hydrogen) atoms. The minimum atomic E-state index is -0.105. The molecule has 2 aromatic heterocycles. The number of nitrogens with one attached hydrogen (secondary N) is 1. The molecule has 1 N–H and O–H groups in total. The molecule has 1 amide bonds. The van der Waals surface area contributed by atoms with E-state index in [4.69, 9.17) is 16.7 Å². The summed E-state index contributed by atoms with van der Waals surface area (Å²) in [7, 11) is 1.62. The number of carbonyl (C=O) groups is 1. The molecule has 0 aliphatic heterocycles. The lowest BCUT2D eigenvalue weighted by Crippen LogP contribution is -2.17. The van der Waals surface area contributed by atoms with Crippen molar-refractivity contribution in [3.05, 3.63) is 88.7 Å². The lowest BCUT2D eigenvalue weighted by molar-refractivity contribution is 0.0963. The second-order valence-electron chi connectivity index (χ2n) is 6.52. The van der Waals surface area contributed by atoms with Crippen LogP contribution in [0.4, 0.5) is 0 Å². The van der Waals surface area contributed by atoms with Crippen LogP contribution in [0.5, 0.6) is 0 Å². The van der Waals surface area contributed by atoms with Gasteiger partial charge in [-0.2, -0.15) is 5.10 Å². The van der Waals surface area contributed by atoms with Crippen LogP contribution >= 0.6 is 11.6 Å². The van der Waals surface area contributed by atoms with E-state index in [0.29, 0.717) is 5.56 Å². The van der Waals surface area contributed by atoms with Gasteiger partial charge in [-0.3, -0.25) is 4.79 Å². The molecule has 0 spiro atoms. The number of fused-ring (bicyclic) bond motifs is 1. The van der Waals surface area contributed by atoms with Crippen molar-refractivity contribution >= 4 is 23.2 Å². The van der Waals surface area contributed by atoms with Gasteiger partial charge < -0.3 is 5.32 Å². The number of carbonyl (C=O) groups excluding carboxylic acids is 1. The van der Waals surface area contributed by atoms with E-state index in [9.17, 15) is 4.79 Å². The molecule has 4 aromatic rings. The Morgan fingerprint density at radius 2 is 1.89 bits per heavy atom. The number of benzene rings is 2. The number of aryl methyl sites for hydroxylation is 2. The first-order valence-corrected chi connectivity index (χ1v) is 9.42. The average molecular weight is 391 g/mol. The van der Waals surface area contributed by atoms with Crippen LogP contribution in [0.2, 0.25) is 5.02 Å². The summed E-state index contributed by atoms with van der Waals surface area (Å²) in [6.45, 7) is 0. The molecule has 2 heterocycles. The molecule has 0 bridgehead atoms. The van der Waals surface area contributed by atoms with E-state index in [1.165, 1.54) is 5.56 Å². The Labute approximate surface area is 168 Å². The highest BCUT2D eigenvalue weighted by Crippen LogP contribution is 2.21. The van der Waals surface area contributed by atoms with Gasteiger partial charge in [0.05, 0.1) is 17.6 Å². The number of nitrogens with zero attached hydrogens (tertiary/aromatic N) is 3. The average Bonchev–Trinajstić information content (AvgIpc) is 3.15. The molecule has 0 saturated carbocycles. The maximum atomic E-state index is 11.7. The normalized spacial score (nSPS) is 10.9. The summed E-state index contributed by atoms with van der Waals surface area (Å²) in [5.41, 5.74) is 5.42. The molecular weight excluding hydrogens is 372 g/mol. The maximum absolute atomic E-state index is 11.7. The topological polar surface area (TPSA) is 59.3 Å². The third-order valence-electron chi connectivity index (χ3n) is 4.65. The van der Waals surface area contributed by atoms with E-state index in [-0.39, 0.29) is 5.91 Å². The zero-order valence-electron chi connectivity index (χ0n) is 15.4. The quantitative estimate of drug-likeness (QED) is 0.555. The number of aromatic nitrogens is 3. The summed E-state index contributed by atoms with van der Waals surface area (Å²) in [6, 6.07) is 19.3. The van der Waals surface area contributed by atoms with Crippen LogP contribution in [0, 0.1) is 0 Å². The number of hydrogen-bond acceptors (Lipinski definition) is 3. The van der Waals surface area contributed by atoms with E-state index in [1.54, 1.807) is 25.4 Å². The van der Waals surface area contributed by atoms with Crippen molar-refractivity contribution in [2.75, 3.05) is 7.05 Å². The molecule has 5 nitrogen and oxygen atoms in total. The van der Waals surface area contributed by atoms with Gasteiger partial charge in [-0.25, -0.2) is 9.50 Å². The minimum absolute atomic E-state index is 0.105. The van der Waals surface area contributed by atoms with Crippen molar-refractivity contribution in [1.82, 2.24) is 19.9 Å².